The number of thiazole rings is 1. The van der Waals surface area contributed by atoms with Gasteiger partial charge in [0.2, 0.25) is 0 Å². The number of aromatic nitrogens is 2. The van der Waals surface area contributed by atoms with Gasteiger partial charge in [0.05, 0.1) is 10.7 Å². The number of hydrogen-bond donors (Lipinski definition) is 2. The van der Waals surface area contributed by atoms with Crippen LogP contribution in [-0.2, 0) is 13.0 Å². The first-order valence-electron chi connectivity index (χ1n) is 9.23. The maximum atomic E-state index is 4.42. The van der Waals surface area contributed by atoms with E-state index in [0.717, 1.165) is 57.1 Å². The minimum Gasteiger partial charge on any atom is -0.356 e. The summed E-state index contributed by atoms with van der Waals surface area (Å²) in [7, 11) is 1.83. The lowest BCUT2D eigenvalue weighted by Gasteiger charge is -2.32. The number of aliphatic imine (C=N–C) groups is 1. The van der Waals surface area contributed by atoms with Crippen molar-refractivity contribution in [2.75, 3.05) is 26.7 Å². The van der Waals surface area contributed by atoms with Crippen molar-refractivity contribution in [1.29, 1.82) is 0 Å². The van der Waals surface area contributed by atoms with E-state index in [1.807, 2.05) is 25.5 Å². The average molecular weight is 500 g/mol. The van der Waals surface area contributed by atoms with Gasteiger partial charge in [-0.05, 0) is 31.9 Å². The topological polar surface area (TPSA) is 65.4 Å². The van der Waals surface area contributed by atoms with E-state index in [1.54, 1.807) is 11.3 Å². The van der Waals surface area contributed by atoms with E-state index in [1.165, 1.54) is 9.88 Å². The normalized spacial score (nSPS) is 16.0. The monoisotopic (exact) mass is 500 g/mol. The van der Waals surface area contributed by atoms with Gasteiger partial charge in [-0.3, -0.25) is 14.9 Å². The lowest BCUT2D eigenvalue weighted by Crippen LogP contribution is -2.48. The molecule has 1 aliphatic heterocycles. The molecule has 8 heteroatoms. The number of guanidine groups is 1. The number of piperidine rings is 1. The standard InChI is InChI=1S/C19H28N6S.HI/c1-15-13-23-18(26-15)6-10-22-19(20-2)24-16-7-11-25(12-8-16)14-17-5-3-4-9-21-17;/h3-5,9,13,16H,6-8,10-12,14H2,1-2H3,(H2,20,22,24);1H. The van der Waals surface area contributed by atoms with Gasteiger partial charge in [0.1, 0.15) is 0 Å². The molecule has 2 N–H and O–H groups in total. The Bertz CT molecular complexity index is 697. The number of likely N-dealkylation sites (tertiary alicyclic amines) is 1. The average Bonchev–Trinajstić information content (AvgIpc) is 3.08. The van der Waals surface area contributed by atoms with Crippen molar-refractivity contribution < 1.29 is 0 Å². The highest BCUT2D eigenvalue weighted by atomic mass is 127. The molecule has 0 spiro atoms. The van der Waals surface area contributed by atoms with Crippen LogP contribution in [0.4, 0.5) is 0 Å². The maximum Gasteiger partial charge on any atom is 0.191 e. The number of aryl methyl sites for hydroxylation is 1. The Hall–Kier alpha value is -1.26. The van der Waals surface area contributed by atoms with E-state index in [0.29, 0.717) is 6.04 Å². The molecule has 1 fully saturated rings. The van der Waals surface area contributed by atoms with Gasteiger partial charge in [-0.15, -0.1) is 35.3 Å². The number of hydrogen-bond acceptors (Lipinski definition) is 5. The zero-order valence-corrected chi connectivity index (χ0v) is 19.2. The molecule has 0 aliphatic carbocycles. The van der Waals surface area contributed by atoms with Crippen LogP contribution in [0.2, 0.25) is 0 Å². The second-order valence-electron chi connectivity index (χ2n) is 6.63. The van der Waals surface area contributed by atoms with Crippen LogP contribution in [-0.4, -0.2) is 53.6 Å². The van der Waals surface area contributed by atoms with Crippen LogP contribution < -0.4 is 10.6 Å². The molecular weight excluding hydrogens is 471 g/mol. The molecule has 3 rings (SSSR count). The molecule has 0 amide bonds. The second-order valence-corrected chi connectivity index (χ2v) is 7.95. The third-order valence-corrected chi connectivity index (χ3v) is 5.54. The molecule has 2 aromatic heterocycles. The number of nitrogens with zero attached hydrogens (tertiary/aromatic N) is 4. The van der Waals surface area contributed by atoms with Crippen molar-refractivity contribution >= 4 is 41.3 Å². The molecule has 0 radical (unpaired) electrons. The quantitative estimate of drug-likeness (QED) is 0.363. The van der Waals surface area contributed by atoms with Gasteiger partial charge < -0.3 is 10.6 Å². The molecule has 3 heterocycles. The first-order valence-corrected chi connectivity index (χ1v) is 10.1. The van der Waals surface area contributed by atoms with Crippen LogP contribution >= 0.6 is 35.3 Å². The summed E-state index contributed by atoms with van der Waals surface area (Å²) in [5.41, 5.74) is 1.15. The highest BCUT2D eigenvalue weighted by molar-refractivity contribution is 14.0. The lowest BCUT2D eigenvalue weighted by molar-refractivity contribution is 0.196. The number of halogens is 1. The van der Waals surface area contributed by atoms with Crippen LogP contribution in [0.3, 0.4) is 0 Å². The van der Waals surface area contributed by atoms with Crippen molar-refractivity contribution in [2.45, 2.75) is 38.8 Å². The lowest BCUT2D eigenvalue weighted by atomic mass is 10.0. The minimum absolute atomic E-state index is 0. The van der Waals surface area contributed by atoms with Crippen molar-refractivity contribution in [1.82, 2.24) is 25.5 Å². The number of rotatable bonds is 6. The molecule has 0 unspecified atom stereocenters. The smallest absolute Gasteiger partial charge is 0.191 e. The molecule has 0 aromatic carbocycles. The fourth-order valence-corrected chi connectivity index (χ4v) is 3.94. The summed E-state index contributed by atoms with van der Waals surface area (Å²) in [4.78, 5) is 16.9. The molecule has 0 bridgehead atoms. The van der Waals surface area contributed by atoms with Crippen molar-refractivity contribution in [3.8, 4) is 0 Å². The van der Waals surface area contributed by atoms with E-state index in [9.17, 15) is 0 Å². The zero-order valence-electron chi connectivity index (χ0n) is 16.0. The Morgan fingerprint density at radius 3 is 2.74 bits per heavy atom. The van der Waals surface area contributed by atoms with Crippen LogP contribution in [0.15, 0.2) is 35.6 Å². The zero-order chi connectivity index (χ0) is 18.2. The van der Waals surface area contributed by atoms with E-state index >= 15 is 0 Å². The Labute approximate surface area is 182 Å². The summed E-state index contributed by atoms with van der Waals surface area (Å²) in [5, 5.41) is 8.14. The van der Waals surface area contributed by atoms with Crippen molar-refractivity contribution in [2.24, 2.45) is 4.99 Å². The summed E-state index contributed by atoms with van der Waals surface area (Å²) in [5.74, 6) is 0.890. The van der Waals surface area contributed by atoms with Crippen LogP contribution in [0.25, 0.3) is 0 Å². The van der Waals surface area contributed by atoms with Crippen LogP contribution in [0.1, 0.15) is 28.4 Å². The van der Waals surface area contributed by atoms with Gasteiger partial charge in [-0.1, -0.05) is 6.07 Å². The van der Waals surface area contributed by atoms with Gasteiger partial charge in [0, 0.05) is 63.0 Å². The first-order chi connectivity index (χ1) is 12.7. The Balaban J connectivity index is 0.00000261. The molecule has 148 valence electrons. The largest absolute Gasteiger partial charge is 0.356 e. The van der Waals surface area contributed by atoms with E-state index in [-0.39, 0.29) is 24.0 Å². The van der Waals surface area contributed by atoms with Crippen LogP contribution in [0.5, 0.6) is 0 Å². The van der Waals surface area contributed by atoms with Gasteiger partial charge in [-0.25, -0.2) is 4.98 Å². The fourth-order valence-electron chi connectivity index (χ4n) is 3.15. The summed E-state index contributed by atoms with van der Waals surface area (Å²) in [6.07, 6.45) is 6.98. The summed E-state index contributed by atoms with van der Waals surface area (Å²) < 4.78 is 0. The minimum atomic E-state index is 0. The van der Waals surface area contributed by atoms with Gasteiger partial charge in [-0.2, -0.15) is 0 Å². The van der Waals surface area contributed by atoms with E-state index in [2.05, 4.69) is 49.6 Å². The Morgan fingerprint density at radius 2 is 2.11 bits per heavy atom. The third kappa shape index (κ3) is 7.34. The van der Waals surface area contributed by atoms with Crippen LogP contribution in [0, 0.1) is 6.92 Å². The first kappa shape index (κ1) is 22.0. The SMILES string of the molecule is CN=C(NCCc1ncc(C)s1)NC1CCN(Cc2ccccn2)CC1.I. The van der Waals surface area contributed by atoms with Gasteiger partial charge in [0.15, 0.2) is 5.96 Å². The Kier molecular flexibility index (Phi) is 9.43. The summed E-state index contributed by atoms with van der Waals surface area (Å²) >= 11 is 1.76. The molecule has 1 saturated heterocycles. The second kappa shape index (κ2) is 11.6. The van der Waals surface area contributed by atoms with Crippen molar-refractivity contribution in [3.63, 3.8) is 0 Å². The number of pyridine rings is 1. The fraction of sp³-hybridized carbons (Fsp3) is 0.526. The number of nitrogens with one attached hydrogen (secondary N) is 2. The molecule has 2 aromatic rings. The molecular formula is C19H29IN6S. The maximum absolute atomic E-state index is 4.42. The van der Waals surface area contributed by atoms with Crippen molar-refractivity contribution in [3.05, 3.63) is 46.2 Å². The predicted molar refractivity (Wildman–Crippen MR) is 123 cm³/mol. The third-order valence-electron chi connectivity index (χ3n) is 4.56. The molecule has 27 heavy (non-hydrogen) atoms. The molecule has 0 saturated carbocycles. The molecule has 0 atom stereocenters. The molecule has 6 nitrogen and oxygen atoms in total. The summed E-state index contributed by atoms with van der Waals surface area (Å²) in [6, 6.07) is 6.59. The van der Waals surface area contributed by atoms with E-state index in [4.69, 9.17) is 0 Å². The predicted octanol–water partition coefficient (Wildman–Crippen LogP) is 2.84. The Morgan fingerprint density at radius 1 is 1.30 bits per heavy atom. The van der Waals surface area contributed by atoms with Gasteiger partial charge in [0.25, 0.3) is 0 Å². The van der Waals surface area contributed by atoms with Gasteiger partial charge >= 0.3 is 0 Å². The summed E-state index contributed by atoms with van der Waals surface area (Å²) in [6.45, 7) is 6.06. The van der Waals surface area contributed by atoms with E-state index < -0.39 is 0 Å². The molecule has 1 aliphatic rings. The highest BCUT2D eigenvalue weighted by Crippen LogP contribution is 2.13. The highest BCUT2D eigenvalue weighted by Gasteiger charge is 2.20.